The average molecular weight is 260 g/mol. The molecular weight excluding hydrogens is 248 g/mol. The van der Waals surface area contributed by atoms with E-state index < -0.39 is 0 Å². The molecule has 0 radical (unpaired) electrons. The summed E-state index contributed by atoms with van der Waals surface area (Å²) in [5, 5.41) is 0.738. The maximum absolute atomic E-state index is 12.1. The number of aromatic amines is 1. The molecule has 0 aliphatic rings. The normalized spacial score (nSPS) is 11.2. The first-order chi connectivity index (χ1) is 9.84. The highest BCUT2D eigenvalue weighted by molar-refractivity contribution is 5.84. The molecule has 0 atom stereocenters. The van der Waals surface area contributed by atoms with E-state index in [0.717, 1.165) is 27.8 Å². The molecule has 1 N–H and O–H groups in total. The molecule has 96 valence electrons. The highest BCUT2D eigenvalue weighted by Gasteiger charge is 2.09. The molecule has 3 heteroatoms. The zero-order chi connectivity index (χ0) is 13.5. The summed E-state index contributed by atoms with van der Waals surface area (Å²) in [6.07, 6.45) is 1.94. The van der Waals surface area contributed by atoms with Crippen molar-refractivity contribution in [2.24, 2.45) is 0 Å². The van der Waals surface area contributed by atoms with Gasteiger partial charge in [0.25, 0.3) is 0 Å². The maximum atomic E-state index is 12.1. The lowest BCUT2D eigenvalue weighted by Gasteiger charge is -2.06. The number of rotatable bonds is 1. The Hall–Kier alpha value is -2.81. The second kappa shape index (κ2) is 4.10. The van der Waals surface area contributed by atoms with E-state index in [2.05, 4.69) is 21.5 Å². The van der Waals surface area contributed by atoms with Crippen LogP contribution in [0.5, 0.6) is 0 Å². The third kappa shape index (κ3) is 1.50. The van der Waals surface area contributed by atoms with Crippen molar-refractivity contribution in [2.75, 3.05) is 0 Å². The number of para-hydroxylation sites is 1. The standard InChI is InChI=1S/C17H12N2O/c20-16-10-17-18-11-15(12-6-2-1-3-7-12)19(17)14-9-5-4-8-13(14)16/h1-11,18H. The SMILES string of the molecule is O=c1cc2[nH]cc(-c3ccccc3)n2c2ccccc12. The number of nitrogens with zero attached hydrogens (tertiary/aromatic N) is 1. The van der Waals surface area contributed by atoms with Gasteiger partial charge < -0.3 is 4.98 Å². The van der Waals surface area contributed by atoms with Crippen LogP contribution >= 0.6 is 0 Å². The first-order valence-electron chi connectivity index (χ1n) is 6.52. The predicted molar refractivity (Wildman–Crippen MR) is 81.0 cm³/mol. The van der Waals surface area contributed by atoms with E-state index in [0.29, 0.717) is 0 Å². The Bertz CT molecular complexity index is 965. The summed E-state index contributed by atoms with van der Waals surface area (Å²) < 4.78 is 2.09. The quantitative estimate of drug-likeness (QED) is 0.559. The minimum Gasteiger partial charge on any atom is -0.346 e. The number of benzene rings is 2. The third-order valence-corrected chi connectivity index (χ3v) is 3.59. The molecule has 0 aliphatic heterocycles. The number of aromatic nitrogens is 2. The Labute approximate surface area is 115 Å². The van der Waals surface area contributed by atoms with Gasteiger partial charge in [-0.05, 0) is 12.1 Å². The van der Waals surface area contributed by atoms with Gasteiger partial charge in [-0.15, -0.1) is 0 Å². The minimum absolute atomic E-state index is 0.0436. The molecule has 0 saturated heterocycles. The van der Waals surface area contributed by atoms with E-state index in [1.165, 1.54) is 0 Å². The smallest absolute Gasteiger partial charge is 0.191 e. The van der Waals surface area contributed by atoms with Crippen LogP contribution in [0.25, 0.3) is 27.8 Å². The predicted octanol–water partition coefficient (Wildman–Crippen LogP) is 3.45. The number of imidazole rings is 1. The van der Waals surface area contributed by atoms with Gasteiger partial charge in [0.05, 0.1) is 11.2 Å². The number of pyridine rings is 1. The molecule has 0 amide bonds. The average Bonchev–Trinajstić information content (AvgIpc) is 2.92. The van der Waals surface area contributed by atoms with Crippen LogP contribution in [-0.4, -0.2) is 9.38 Å². The fourth-order valence-corrected chi connectivity index (χ4v) is 2.67. The molecular formula is C17H12N2O. The Morgan fingerprint density at radius 2 is 1.65 bits per heavy atom. The van der Waals surface area contributed by atoms with E-state index in [1.807, 2.05) is 48.7 Å². The van der Waals surface area contributed by atoms with Gasteiger partial charge in [-0.3, -0.25) is 9.20 Å². The summed E-state index contributed by atoms with van der Waals surface area (Å²) in [6, 6.07) is 19.5. The van der Waals surface area contributed by atoms with Gasteiger partial charge in [-0.1, -0.05) is 42.5 Å². The number of hydrogen-bond donors (Lipinski definition) is 1. The molecule has 3 nitrogen and oxygen atoms in total. The van der Waals surface area contributed by atoms with E-state index in [-0.39, 0.29) is 5.43 Å². The van der Waals surface area contributed by atoms with E-state index in [9.17, 15) is 4.79 Å². The Balaban J connectivity index is 2.20. The summed E-state index contributed by atoms with van der Waals surface area (Å²) in [6.45, 7) is 0. The highest BCUT2D eigenvalue weighted by atomic mass is 16.1. The highest BCUT2D eigenvalue weighted by Crippen LogP contribution is 2.23. The largest absolute Gasteiger partial charge is 0.346 e. The second-order valence-electron chi connectivity index (χ2n) is 4.79. The summed E-state index contributed by atoms with van der Waals surface area (Å²) in [7, 11) is 0. The van der Waals surface area contributed by atoms with Crippen LogP contribution in [-0.2, 0) is 0 Å². The van der Waals surface area contributed by atoms with E-state index in [4.69, 9.17) is 0 Å². The van der Waals surface area contributed by atoms with Crippen LogP contribution < -0.4 is 5.43 Å². The molecule has 20 heavy (non-hydrogen) atoms. The van der Waals surface area contributed by atoms with Gasteiger partial charge >= 0.3 is 0 Å². The van der Waals surface area contributed by atoms with Crippen molar-refractivity contribution in [2.45, 2.75) is 0 Å². The molecule has 4 aromatic rings. The fraction of sp³-hybridized carbons (Fsp3) is 0. The van der Waals surface area contributed by atoms with Crippen LogP contribution in [0.15, 0.2) is 71.7 Å². The van der Waals surface area contributed by atoms with Crippen molar-refractivity contribution in [1.82, 2.24) is 9.38 Å². The molecule has 0 bridgehead atoms. The van der Waals surface area contributed by atoms with Gasteiger partial charge in [0.15, 0.2) is 5.43 Å². The topological polar surface area (TPSA) is 37.3 Å². The van der Waals surface area contributed by atoms with Crippen molar-refractivity contribution in [3.8, 4) is 11.3 Å². The van der Waals surface area contributed by atoms with Gasteiger partial charge in [-0.2, -0.15) is 0 Å². The van der Waals surface area contributed by atoms with Gasteiger partial charge in [0, 0.05) is 23.2 Å². The lowest BCUT2D eigenvalue weighted by molar-refractivity contribution is 1.25. The van der Waals surface area contributed by atoms with Crippen LogP contribution in [0.2, 0.25) is 0 Å². The molecule has 4 rings (SSSR count). The Kier molecular flexibility index (Phi) is 2.27. The lowest BCUT2D eigenvalue weighted by Crippen LogP contribution is -2.04. The summed E-state index contributed by atoms with van der Waals surface area (Å²) >= 11 is 0. The molecule has 2 aromatic heterocycles. The number of hydrogen-bond acceptors (Lipinski definition) is 1. The van der Waals surface area contributed by atoms with Crippen molar-refractivity contribution < 1.29 is 0 Å². The summed E-state index contributed by atoms with van der Waals surface area (Å²) in [5.41, 5.74) is 3.95. The fourth-order valence-electron chi connectivity index (χ4n) is 2.67. The maximum Gasteiger partial charge on any atom is 0.191 e. The van der Waals surface area contributed by atoms with Gasteiger partial charge in [-0.25, -0.2) is 0 Å². The molecule has 0 spiro atoms. The molecule has 0 unspecified atom stereocenters. The van der Waals surface area contributed by atoms with E-state index in [1.54, 1.807) is 6.07 Å². The lowest BCUT2D eigenvalue weighted by atomic mass is 10.1. The van der Waals surface area contributed by atoms with Gasteiger partial charge in [0.1, 0.15) is 5.65 Å². The molecule has 0 fully saturated rings. The van der Waals surface area contributed by atoms with Crippen molar-refractivity contribution in [1.29, 1.82) is 0 Å². The first kappa shape index (κ1) is 11.1. The first-order valence-corrected chi connectivity index (χ1v) is 6.52. The molecule has 0 saturated carbocycles. The monoisotopic (exact) mass is 260 g/mol. The van der Waals surface area contributed by atoms with E-state index >= 15 is 0 Å². The summed E-state index contributed by atoms with van der Waals surface area (Å²) in [5.74, 6) is 0. The van der Waals surface area contributed by atoms with Gasteiger partial charge in [0.2, 0.25) is 0 Å². The summed E-state index contributed by atoms with van der Waals surface area (Å²) in [4.78, 5) is 15.3. The van der Waals surface area contributed by atoms with Crippen molar-refractivity contribution >= 4 is 16.6 Å². The zero-order valence-corrected chi connectivity index (χ0v) is 10.7. The number of nitrogens with one attached hydrogen (secondary N) is 1. The Morgan fingerprint density at radius 3 is 2.50 bits per heavy atom. The third-order valence-electron chi connectivity index (χ3n) is 3.59. The second-order valence-corrected chi connectivity index (χ2v) is 4.79. The molecule has 2 heterocycles. The Morgan fingerprint density at radius 1 is 0.900 bits per heavy atom. The van der Waals surface area contributed by atoms with Crippen LogP contribution in [0.4, 0.5) is 0 Å². The number of H-pyrrole nitrogens is 1. The van der Waals surface area contributed by atoms with Crippen molar-refractivity contribution in [3.63, 3.8) is 0 Å². The minimum atomic E-state index is 0.0436. The van der Waals surface area contributed by atoms with Crippen LogP contribution in [0, 0.1) is 0 Å². The van der Waals surface area contributed by atoms with Crippen molar-refractivity contribution in [3.05, 3.63) is 77.1 Å². The van der Waals surface area contributed by atoms with Crippen LogP contribution in [0.3, 0.4) is 0 Å². The van der Waals surface area contributed by atoms with Crippen LogP contribution in [0.1, 0.15) is 0 Å². The molecule has 0 aliphatic carbocycles. The zero-order valence-electron chi connectivity index (χ0n) is 10.7. The number of fused-ring (bicyclic) bond motifs is 3. The molecule has 2 aromatic carbocycles.